The molecule has 0 bridgehead atoms. The van der Waals surface area contributed by atoms with E-state index >= 15 is 0 Å². The number of benzene rings is 1. The first-order valence-corrected chi connectivity index (χ1v) is 6.65. The second-order valence-corrected chi connectivity index (χ2v) is 5.24. The minimum atomic E-state index is -0.850. The van der Waals surface area contributed by atoms with Crippen molar-refractivity contribution in [3.8, 4) is 0 Å². The molecule has 108 valence electrons. The molecular formula is C15H17F2NO2. The lowest BCUT2D eigenvalue weighted by Gasteiger charge is -2.31. The maximum Gasteiger partial charge on any atom is 0.259 e. The number of hydrogen-bond donors (Lipinski definition) is 0. The summed E-state index contributed by atoms with van der Waals surface area (Å²) in [7, 11) is 1.53. The molecule has 1 aliphatic rings. The van der Waals surface area contributed by atoms with E-state index in [4.69, 9.17) is 0 Å². The summed E-state index contributed by atoms with van der Waals surface area (Å²) in [6.07, 6.45) is 1.94. The SMILES string of the molecule is Cc1ccc(F)c(C(=O)N(C)C2CCC(=O)CC2)c1F. The van der Waals surface area contributed by atoms with Gasteiger partial charge in [0.05, 0.1) is 0 Å². The summed E-state index contributed by atoms with van der Waals surface area (Å²) in [6.45, 7) is 1.49. The smallest absolute Gasteiger partial charge is 0.259 e. The Hall–Kier alpha value is -1.78. The molecule has 1 amide bonds. The minimum Gasteiger partial charge on any atom is -0.339 e. The van der Waals surface area contributed by atoms with Crippen molar-refractivity contribution in [2.75, 3.05) is 7.05 Å². The van der Waals surface area contributed by atoms with Crippen LogP contribution in [0.25, 0.3) is 0 Å². The largest absolute Gasteiger partial charge is 0.339 e. The highest BCUT2D eigenvalue weighted by Gasteiger charge is 2.29. The van der Waals surface area contributed by atoms with Gasteiger partial charge in [0.25, 0.3) is 5.91 Å². The number of amides is 1. The number of carbonyl (C=O) groups excluding carboxylic acids is 2. The van der Waals surface area contributed by atoms with E-state index < -0.39 is 23.1 Å². The van der Waals surface area contributed by atoms with Gasteiger partial charge in [-0.1, -0.05) is 6.07 Å². The van der Waals surface area contributed by atoms with Crippen LogP contribution in [-0.2, 0) is 4.79 Å². The summed E-state index contributed by atoms with van der Waals surface area (Å²) in [5, 5.41) is 0. The Morgan fingerprint density at radius 2 is 1.85 bits per heavy atom. The summed E-state index contributed by atoms with van der Waals surface area (Å²) in [5.74, 6) is -2.15. The Bertz CT molecular complexity index is 547. The Morgan fingerprint density at radius 3 is 2.45 bits per heavy atom. The highest BCUT2D eigenvalue weighted by Crippen LogP contribution is 2.23. The van der Waals surface area contributed by atoms with Crippen molar-refractivity contribution < 1.29 is 18.4 Å². The molecule has 0 aromatic heterocycles. The number of hydrogen-bond acceptors (Lipinski definition) is 2. The van der Waals surface area contributed by atoms with Gasteiger partial charge in [-0.3, -0.25) is 9.59 Å². The first-order chi connectivity index (χ1) is 9.41. The molecular weight excluding hydrogens is 264 g/mol. The molecule has 0 aliphatic heterocycles. The van der Waals surface area contributed by atoms with E-state index in [1.807, 2.05) is 0 Å². The van der Waals surface area contributed by atoms with Crippen LogP contribution in [0.5, 0.6) is 0 Å². The predicted octanol–water partition coefficient (Wildman–Crippen LogP) is 2.86. The van der Waals surface area contributed by atoms with Crippen LogP contribution < -0.4 is 0 Å². The molecule has 1 saturated carbocycles. The van der Waals surface area contributed by atoms with E-state index in [9.17, 15) is 18.4 Å². The maximum atomic E-state index is 14.0. The van der Waals surface area contributed by atoms with Crippen molar-refractivity contribution in [3.63, 3.8) is 0 Å². The summed E-state index contributed by atoms with van der Waals surface area (Å²) in [4.78, 5) is 24.8. The van der Waals surface area contributed by atoms with Crippen molar-refractivity contribution >= 4 is 11.7 Å². The van der Waals surface area contributed by atoms with Gasteiger partial charge >= 0.3 is 0 Å². The average molecular weight is 281 g/mol. The zero-order chi connectivity index (χ0) is 14.9. The van der Waals surface area contributed by atoms with Crippen LogP contribution in [0, 0.1) is 18.6 Å². The van der Waals surface area contributed by atoms with E-state index in [-0.39, 0.29) is 17.4 Å². The zero-order valence-electron chi connectivity index (χ0n) is 11.6. The first kappa shape index (κ1) is 14.6. The Kier molecular flexibility index (Phi) is 4.16. The molecule has 5 heteroatoms. The van der Waals surface area contributed by atoms with Crippen LogP contribution in [-0.4, -0.2) is 29.7 Å². The van der Waals surface area contributed by atoms with Crippen molar-refractivity contribution in [1.29, 1.82) is 0 Å². The van der Waals surface area contributed by atoms with Gasteiger partial charge in [0.2, 0.25) is 0 Å². The molecule has 0 spiro atoms. The first-order valence-electron chi connectivity index (χ1n) is 6.65. The van der Waals surface area contributed by atoms with Crippen LogP contribution in [0.2, 0.25) is 0 Å². The van der Waals surface area contributed by atoms with Crippen LogP contribution in [0.1, 0.15) is 41.6 Å². The van der Waals surface area contributed by atoms with Crippen molar-refractivity contribution in [2.24, 2.45) is 0 Å². The monoisotopic (exact) mass is 281 g/mol. The van der Waals surface area contributed by atoms with Crippen molar-refractivity contribution in [2.45, 2.75) is 38.6 Å². The molecule has 0 heterocycles. The van der Waals surface area contributed by atoms with E-state index in [1.54, 1.807) is 0 Å². The van der Waals surface area contributed by atoms with Crippen molar-refractivity contribution in [1.82, 2.24) is 4.90 Å². The summed E-state index contributed by atoms with van der Waals surface area (Å²) in [6, 6.07) is 2.27. The summed E-state index contributed by atoms with van der Waals surface area (Å²) >= 11 is 0. The van der Waals surface area contributed by atoms with E-state index in [2.05, 4.69) is 0 Å². The number of rotatable bonds is 2. The highest BCUT2D eigenvalue weighted by molar-refractivity contribution is 5.95. The number of aryl methyl sites for hydroxylation is 1. The Labute approximate surface area is 116 Å². The molecule has 1 aromatic carbocycles. The fourth-order valence-electron chi connectivity index (χ4n) is 2.51. The van der Waals surface area contributed by atoms with Gasteiger partial charge in [0, 0.05) is 25.9 Å². The highest BCUT2D eigenvalue weighted by atomic mass is 19.1. The van der Waals surface area contributed by atoms with Crippen LogP contribution in [0.4, 0.5) is 8.78 Å². The molecule has 2 rings (SSSR count). The third-order valence-electron chi connectivity index (χ3n) is 3.88. The fraction of sp³-hybridized carbons (Fsp3) is 0.467. The topological polar surface area (TPSA) is 37.4 Å². The molecule has 1 aliphatic carbocycles. The molecule has 1 aromatic rings. The molecule has 20 heavy (non-hydrogen) atoms. The van der Waals surface area contributed by atoms with E-state index in [0.29, 0.717) is 25.7 Å². The van der Waals surface area contributed by atoms with Gasteiger partial charge in [0.15, 0.2) is 0 Å². The molecule has 0 radical (unpaired) electrons. The number of carbonyl (C=O) groups is 2. The van der Waals surface area contributed by atoms with Gasteiger partial charge in [0.1, 0.15) is 23.0 Å². The normalized spacial score (nSPS) is 16.3. The second-order valence-electron chi connectivity index (χ2n) is 5.24. The maximum absolute atomic E-state index is 14.0. The fourth-order valence-corrected chi connectivity index (χ4v) is 2.51. The van der Waals surface area contributed by atoms with E-state index in [0.717, 1.165) is 6.07 Å². The second kappa shape index (κ2) is 5.69. The minimum absolute atomic E-state index is 0.139. The van der Waals surface area contributed by atoms with Gasteiger partial charge in [-0.05, 0) is 31.4 Å². The summed E-state index contributed by atoms with van der Waals surface area (Å²) < 4.78 is 27.7. The van der Waals surface area contributed by atoms with Crippen LogP contribution >= 0.6 is 0 Å². The molecule has 0 unspecified atom stereocenters. The predicted molar refractivity (Wildman–Crippen MR) is 70.5 cm³/mol. The average Bonchev–Trinajstić information content (AvgIpc) is 2.43. The molecule has 3 nitrogen and oxygen atoms in total. The van der Waals surface area contributed by atoms with Gasteiger partial charge in [-0.15, -0.1) is 0 Å². The van der Waals surface area contributed by atoms with Gasteiger partial charge in [-0.2, -0.15) is 0 Å². The Morgan fingerprint density at radius 1 is 1.25 bits per heavy atom. The standard InChI is InChI=1S/C15H17F2NO2/c1-9-3-8-12(16)13(14(9)17)15(20)18(2)10-4-6-11(19)7-5-10/h3,8,10H,4-7H2,1-2H3. The number of nitrogens with zero attached hydrogens (tertiary/aromatic N) is 1. The lowest BCUT2D eigenvalue weighted by Crippen LogP contribution is -2.40. The van der Waals surface area contributed by atoms with Gasteiger partial charge < -0.3 is 4.90 Å². The van der Waals surface area contributed by atoms with Gasteiger partial charge in [-0.25, -0.2) is 8.78 Å². The third kappa shape index (κ3) is 2.71. The van der Waals surface area contributed by atoms with Crippen molar-refractivity contribution in [3.05, 3.63) is 34.9 Å². The molecule has 0 N–H and O–H groups in total. The lowest BCUT2D eigenvalue weighted by molar-refractivity contribution is -0.121. The summed E-state index contributed by atoms with van der Waals surface area (Å²) in [5.41, 5.74) is -0.272. The van der Waals surface area contributed by atoms with E-state index in [1.165, 1.54) is 24.9 Å². The molecule has 0 saturated heterocycles. The molecule has 0 atom stereocenters. The number of Topliss-reactive ketones (excluding diaryl/α,β-unsaturated/α-hetero) is 1. The lowest BCUT2D eigenvalue weighted by atomic mass is 9.93. The number of ketones is 1. The quantitative estimate of drug-likeness (QED) is 0.836. The number of halogens is 2. The Balaban J connectivity index is 2.23. The molecule has 1 fully saturated rings. The van der Waals surface area contributed by atoms with Crippen LogP contribution in [0.3, 0.4) is 0 Å². The third-order valence-corrected chi connectivity index (χ3v) is 3.88. The van der Waals surface area contributed by atoms with Crippen LogP contribution in [0.15, 0.2) is 12.1 Å². The zero-order valence-corrected chi connectivity index (χ0v) is 11.6.